The van der Waals surface area contributed by atoms with Crippen LogP contribution in [0.25, 0.3) is 0 Å². The molecule has 1 heterocycles. The number of piperazine rings is 1. The molecule has 1 fully saturated rings. The first-order valence-corrected chi connectivity index (χ1v) is 6.20. The van der Waals surface area contributed by atoms with Gasteiger partial charge in [0.05, 0.1) is 12.8 Å². The first-order valence-electron chi connectivity index (χ1n) is 6.20. The van der Waals surface area contributed by atoms with Crippen LogP contribution in [0.4, 0.5) is 14.9 Å². The normalized spacial score (nSPS) is 15.6. The van der Waals surface area contributed by atoms with E-state index < -0.39 is 0 Å². The van der Waals surface area contributed by atoms with E-state index in [1.54, 1.807) is 23.1 Å². The lowest BCUT2D eigenvalue weighted by atomic mass is 10.1. The Hall–Kier alpha value is -1.53. The Kier molecular flexibility index (Phi) is 6.04. The monoisotopic (exact) mass is 303 g/mol. The van der Waals surface area contributed by atoms with E-state index in [1.165, 1.54) is 7.11 Å². The third kappa shape index (κ3) is 3.74. The van der Waals surface area contributed by atoms with Gasteiger partial charge >= 0.3 is 6.09 Å². The van der Waals surface area contributed by atoms with Crippen LogP contribution in [0, 0.1) is 5.82 Å². The molecule has 1 aliphatic rings. The highest BCUT2D eigenvalue weighted by Crippen LogP contribution is 2.17. The van der Waals surface area contributed by atoms with Crippen molar-refractivity contribution in [2.45, 2.75) is 6.54 Å². The molecule has 1 saturated heterocycles. The minimum Gasteiger partial charge on any atom is -0.453 e. The Bertz CT molecular complexity index is 465. The number of ether oxygens (including phenoxy) is 1. The molecule has 0 unspecified atom stereocenters. The zero-order chi connectivity index (χ0) is 13.8. The van der Waals surface area contributed by atoms with Gasteiger partial charge in [-0.05, 0) is 6.07 Å². The van der Waals surface area contributed by atoms with Crippen LogP contribution < -0.4 is 5.73 Å². The van der Waals surface area contributed by atoms with E-state index in [1.807, 2.05) is 0 Å². The number of methoxy groups -OCH3 is 1. The van der Waals surface area contributed by atoms with E-state index in [2.05, 4.69) is 9.64 Å². The van der Waals surface area contributed by atoms with Crippen LogP contribution >= 0.6 is 12.4 Å². The number of rotatable bonds is 2. The van der Waals surface area contributed by atoms with E-state index in [0.29, 0.717) is 38.3 Å². The number of hydrogen-bond donors (Lipinski definition) is 1. The quantitative estimate of drug-likeness (QED) is 0.845. The summed E-state index contributed by atoms with van der Waals surface area (Å²) in [7, 11) is 1.37. The topological polar surface area (TPSA) is 58.8 Å². The van der Waals surface area contributed by atoms with E-state index in [4.69, 9.17) is 5.73 Å². The Balaban J connectivity index is 0.00000200. The number of anilines is 1. The van der Waals surface area contributed by atoms with Gasteiger partial charge in [0, 0.05) is 38.3 Å². The average Bonchev–Trinajstić information content (AvgIpc) is 2.44. The smallest absolute Gasteiger partial charge is 0.409 e. The molecule has 20 heavy (non-hydrogen) atoms. The summed E-state index contributed by atoms with van der Waals surface area (Å²) in [5.41, 5.74) is 6.30. The molecule has 0 atom stereocenters. The molecule has 0 spiro atoms. The molecule has 112 valence electrons. The van der Waals surface area contributed by atoms with Crippen molar-refractivity contribution < 1.29 is 13.9 Å². The molecule has 2 rings (SSSR count). The van der Waals surface area contributed by atoms with E-state index >= 15 is 0 Å². The lowest BCUT2D eigenvalue weighted by Crippen LogP contribution is -2.48. The van der Waals surface area contributed by atoms with Gasteiger partial charge < -0.3 is 15.4 Å². The Labute approximate surface area is 123 Å². The molecule has 7 heteroatoms. The third-order valence-corrected chi connectivity index (χ3v) is 3.31. The van der Waals surface area contributed by atoms with Crippen molar-refractivity contribution in [2.75, 3.05) is 39.0 Å². The third-order valence-electron chi connectivity index (χ3n) is 3.31. The minimum atomic E-state index is -0.349. The summed E-state index contributed by atoms with van der Waals surface area (Å²) in [4.78, 5) is 15.1. The summed E-state index contributed by atoms with van der Waals surface area (Å²) < 4.78 is 18.4. The molecule has 1 aromatic carbocycles. The average molecular weight is 304 g/mol. The molecule has 0 radical (unpaired) electrons. The molecule has 1 amide bonds. The van der Waals surface area contributed by atoms with Crippen LogP contribution in [-0.4, -0.2) is 49.2 Å². The molecule has 1 aliphatic heterocycles. The number of carbonyl (C=O) groups excluding carboxylic acids is 1. The molecule has 0 bridgehead atoms. The van der Waals surface area contributed by atoms with Crippen molar-refractivity contribution in [3.05, 3.63) is 29.6 Å². The van der Waals surface area contributed by atoms with Crippen molar-refractivity contribution in [1.29, 1.82) is 0 Å². The van der Waals surface area contributed by atoms with Gasteiger partial charge in [0.2, 0.25) is 0 Å². The highest BCUT2D eigenvalue weighted by Gasteiger charge is 2.22. The first-order chi connectivity index (χ1) is 9.11. The van der Waals surface area contributed by atoms with Gasteiger partial charge in [-0.1, -0.05) is 12.1 Å². The summed E-state index contributed by atoms with van der Waals surface area (Å²) in [6.45, 7) is 3.09. The van der Waals surface area contributed by atoms with Gasteiger partial charge in [-0.25, -0.2) is 9.18 Å². The van der Waals surface area contributed by atoms with Crippen LogP contribution in [0.1, 0.15) is 5.56 Å². The van der Waals surface area contributed by atoms with Gasteiger partial charge in [-0.15, -0.1) is 12.4 Å². The van der Waals surface area contributed by atoms with Gasteiger partial charge in [-0.2, -0.15) is 0 Å². The molecule has 0 aliphatic carbocycles. The van der Waals surface area contributed by atoms with Gasteiger partial charge in [0.25, 0.3) is 0 Å². The fraction of sp³-hybridized carbons (Fsp3) is 0.462. The number of nitrogen functional groups attached to an aromatic ring is 1. The number of amides is 1. The lowest BCUT2D eigenvalue weighted by Gasteiger charge is -2.33. The van der Waals surface area contributed by atoms with E-state index in [0.717, 1.165) is 0 Å². The number of nitrogens with zero attached hydrogens (tertiary/aromatic N) is 2. The highest BCUT2D eigenvalue weighted by atomic mass is 35.5. The predicted octanol–water partition coefficient (Wildman–Crippen LogP) is 1.71. The number of nitrogens with two attached hydrogens (primary N) is 1. The zero-order valence-electron chi connectivity index (χ0n) is 11.3. The van der Waals surface area contributed by atoms with E-state index in [9.17, 15) is 9.18 Å². The molecular formula is C13H19ClFN3O2. The van der Waals surface area contributed by atoms with E-state index in [-0.39, 0.29) is 30.0 Å². The Morgan fingerprint density at radius 1 is 1.35 bits per heavy atom. The number of halogens is 2. The van der Waals surface area contributed by atoms with Crippen LogP contribution in [0.3, 0.4) is 0 Å². The van der Waals surface area contributed by atoms with Crippen molar-refractivity contribution in [1.82, 2.24) is 9.80 Å². The summed E-state index contributed by atoms with van der Waals surface area (Å²) in [6, 6.07) is 5.03. The van der Waals surface area contributed by atoms with Crippen LogP contribution in [0.5, 0.6) is 0 Å². The Morgan fingerprint density at radius 3 is 2.60 bits per heavy atom. The summed E-state index contributed by atoms with van der Waals surface area (Å²) in [6.07, 6.45) is -0.310. The lowest BCUT2D eigenvalue weighted by molar-refractivity contribution is 0.0885. The Morgan fingerprint density at radius 2 is 2.00 bits per heavy atom. The maximum absolute atomic E-state index is 13.8. The number of hydrogen-bond acceptors (Lipinski definition) is 4. The van der Waals surface area contributed by atoms with Crippen LogP contribution in [-0.2, 0) is 11.3 Å². The number of benzene rings is 1. The predicted molar refractivity (Wildman–Crippen MR) is 77.3 cm³/mol. The molecule has 0 aromatic heterocycles. The molecule has 5 nitrogen and oxygen atoms in total. The maximum Gasteiger partial charge on any atom is 0.409 e. The summed E-state index contributed by atoms with van der Waals surface area (Å²) >= 11 is 0. The zero-order valence-corrected chi connectivity index (χ0v) is 12.2. The maximum atomic E-state index is 13.8. The van der Waals surface area contributed by atoms with Gasteiger partial charge in [0.1, 0.15) is 0 Å². The first kappa shape index (κ1) is 16.5. The van der Waals surface area contributed by atoms with Gasteiger partial charge in [0.15, 0.2) is 5.82 Å². The van der Waals surface area contributed by atoms with Gasteiger partial charge in [-0.3, -0.25) is 4.90 Å². The van der Waals surface area contributed by atoms with Crippen molar-refractivity contribution in [3.8, 4) is 0 Å². The highest BCUT2D eigenvalue weighted by molar-refractivity contribution is 5.85. The van der Waals surface area contributed by atoms with Crippen LogP contribution in [0.2, 0.25) is 0 Å². The van der Waals surface area contributed by atoms with Crippen molar-refractivity contribution >= 4 is 24.2 Å². The fourth-order valence-corrected chi connectivity index (χ4v) is 2.18. The van der Waals surface area contributed by atoms with Crippen molar-refractivity contribution in [2.24, 2.45) is 0 Å². The minimum absolute atomic E-state index is 0. The molecule has 1 aromatic rings. The molecule has 2 N–H and O–H groups in total. The largest absolute Gasteiger partial charge is 0.453 e. The van der Waals surface area contributed by atoms with Crippen molar-refractivity contribution in [3.63, 3.8) is 0 Å². The SMILES string of the molecule is COC(=O)N1CCN(Cc2cccc(N)c2F)CC1.Cl. The molecular weight excluding hydrogens is 285 g/mol. The molecule has 0 saturated carbocycles. The second-order valence-corrected chi connectivity index (χ2v) is 4.55. The fourth-order valence-electron chi connectivity index (χ4n) is 2.18. The summed E-state index contributed by atoms with van der Waals surface area (Å²) in [5, 5.41) is 0. The number of carbonyl (C=O) groups is 1. The van der Waals surface area contributed by atoms with Crippen LogP contribution in [0.15, 0.2) is 18.2 Å². The second kappa shape index (κ2) is 7.31. The second-order valence-electron chi connectivity index (χ2n) is 4.55. The summed E-state index contributed by atoms with van der Waals surface area (Å²) in [5.74, 6) is -0.349. The standard InChI is InChI=1S/C13H18FN3O2.ClH/c1-19-13(18)17-7-5-16(6-8-17)9-10-3-2-4-11(15)12(10)14;/h2-4H,5-9,15H2,1H3;1H.